The van der Waals surface area contributed by atoms with E-state index in [4.69, 9.17) is 4.74 Å². The van der Waals surface area contributed by atoms with Crippen molar-refractivity contribution in [1.29, 1.82) is 0 Å². The second-order valence-electron chi connectivity index (χ2n) is 4.60. The monoisotopic (exact) mass is 277 g/mol. The molecule has 5 heteroatoms. The molecule has 0 aromatic heterocycles. The van der Waals surface area contributed by atoms with E-state index in [1.54, 1.807) is 0 Å². The molecule has 0 bridgehead atoms. The van der Waals surface area contributed by atoms with Gasteiger partial charge in [-0.05, 0) is 27.2 Å². The molecule has 1 rings (SSSR count). The molecule has 0 N–H and O–H groups in total. The molecular formula is C10H16BrNO3. The van der Waals surface area contributed by atoms with Gasteiger partial charge in [-0.15, -0.1) is 0 Å². The zero-order valence-electron chi connectivity index (χ0n) is 9.25. The van der Waals surface area contributed by atoms with Crippen molar-refractivity contribution < 1.29 is 14.3 Å². The minimum absolute atomic E-state index is 0.0270. The predicted molar refractivity (Wildman–Crippen MR) is 59.8 cm³/mol. The van der Waals surface area contributed by atoms with Gasteiger partial charge in [0.2, 0.25) is 5.91 Å². The van der Waals surface area contributed by atoms with Crippen molar-refractivity contribution in [2.24, 2.45) is 0 Å². The van der Waals surface area contributed by atoms with Crippen molar-refractivity contribution in [3.05, 3.63) is 0 Å². The van der Waals surface area contributed by atoms with Gasteiger partial charge >= 0.3 is 5.97 Å². The lowest BCUT2D eigenvalue weighted by Crippen LogP contribution is -2.36. The molecule has 1 saturated heterocycles. The van der Waals surface area contributed by atoms with Gasteiger partial charge in [-0.3, -0.25) is 9.59 Å². The van der Waals surface area contributed by atoms with Crippen molar-refractivity contribution in [2.45, 2.75) is 37.6 Å². The maximum absolute atomic E-state index is 11.5. The van der Waals surface area contributed by atoms with Gasteiger partial charge in [0.1, 0.15) is 12.1 Å². The fourth-order valence-corrected chi connectivity index (χ4v) is 1.88. The number of rotatable bonds is 2. The molecule has 1 heterocycles. The normalized spacial score (nSPS) is 22.0. The highest BCUT2D eigenvalue weighted by atomic mass is 79.9. The summed E-state index contributed by atoms with van der Waals surface area (Å²) in [5, 5.41) is 0. The van der Waals surface area contributed by atoms with Crippen LogP contribution in [0.2, 0.25) is 0 Å². The van der Waals surface area contributed by atoms with Crippen molar-refractivity contribution in [1.82, 2.24) is 4.90 Å². The summed E-state index contributed by atoms with van der Waals surface area (Å²) in [7, 11) is 0. The summed E-state index contributed by atoms with van der Waals surface area (Å²) < 4.78 is 5.14. The molecular weight excluding hydrogens is 262 g/mol. The molecule has 0 aromatic rings. The van der Waals surface area contributed by atoms with E-state index >= 15 is 0 Å². The lowest BCUT2D eigenvalue weighted by Gasteiger charge is -2.22. The molecule has 1 amide bonds. The smallest absolute Gasteiger partial charge is 0.326 e. The third kappa shape index (κ3) is 3.81. The number of likely N-dealkylation sites (tertiary alicyclic amines) is 1. The van der Waals surface area contributed by atoms with Gasteiger partial charge in [0, 0.05) is 6.54 Å². The molecule has 0 aliphatic carbocycles. The molecule has 4 nitrogen and oxygen atoms in total. The Morgan fingerprint density at radius 1 is 1.60 bits per heavy atom. The zero-order chi connectivity index (χ0) is 11.6. The number of hydrogen-bond acceptors (Lipinski definition) is 3. The van der Waals surface area contributed by atoms with Crippen molar-refractivity contribution >= 4 is 27.8 Å². The van der Waals surface area contributed by atoms with Crippen LogP contribution in [0.1, 0.15) is 27.2 Å². The van der Waals surface area contributed by atoms with Crippen molar-refractivity contribution in [3.63, 3.8) is 0 Å². The highest BCUT2D eigenvalue weighted by Gasteiger charge is 2.31. The fourth-order valence-electron chi connectivity index (χ4n) is 1.39. The quantitative estimate of drug-likeness (QED) is 0.565. The van der Waals surface area contributed by atoms with E-state index in [9.17, 15) is 9.59 Å². The van der Waals surface area contributed by atoms with Crippen LogP contribution in [0.3, 0.4) is 0 Å². The minimum Gasteiger partial charge on any atom is -0.459 e. The second-order valence-corrected chi connectivity index (χ2v) is 5.71. The molecule has 1 aliphatic heterocycles. The Bertz CT molecular complexity index is 272. The van der Waals surface area contributed by atoms with Crippen LogP contribution in [-0.2, 0) is 14.3 Å². The third-order valence-corrected chi connectivity index (χ3v) is 2.82. The number of amides is 1. The van der Waals surface area contributed by atoms with Crippen LogP contribution in [-0.4, -0.2) is 40.3 Å². The van der Waals surface area contributed by atoms with Gasteiger partial charge in [-0.25, -0.2) is 0 Å². The van der Waals surface area contributed by atoms with E-state index in [0.29, 0.717) is 6.54 Å². The number of halogens is 1. The predicted octanol–water partition coefficient (Wildman–Crippen LogP) is 1.32. The molecule has 1 atom stereocenters. The van der Waals surface area contributed by atoms with Crippen LogP contribution in [0.25, 0.3) is 0 Å². The number of hydrogen-bond donors (Lipinski definition) is 0. The summed E-state index contributed by atoms with van der Waals surface area (Å²) >= 11 is 3.25. The number of esters is 1. The number of ether oxygens (including phenoxy) is 1. The first-order valence-corrected chi connectivity index (χ1v) is 5.86. The fraction of sp³-hybridized carbons (Fsp3) is 0.800. The van der Waals surface area contributed by atoms with Crippen molar-refractivity contribution in [2.75, 3.05) is 13.1 Å². The lowest BCUT2D eigenvalue weighted by atomic mass is 10.2. The Morgan fingerprint density at radius 2 is 2.20 bits per heavy atom. The number of alkyl halides is 1. The first-order chi connectivity index (χ1) is 6.79. The van der Waals surface area contributed by atoms with Gasteiger partial charge < -0.3 is 9.64 Å². The van der Waals surface area contributed by atoms with E-state index < -0.39 is 5.60 Å². The van der Waals surface area contributed by atoms with E-state index in [-0.39, 0.29) is 23.2 Å². The van der Waals surface area contributed by atoms with E-state index in [1.807, 2.05) is 20.8 Å². The highest BCUT2D eigenvalue weighted by Crippen LogP contribution is 2.18. The van der Waals surface area contributed by atoms with E-state index in [2.05, 4.69) is 15.9 Å². The molecule has 1 fully saturated rings. The summed E-state index contributed by atoms with van der Waals surface area (Å²) in [6, 6.07) is 0. The van der Waals surface area contributed by atoms with Gasteiger partial charge in [0.25, 0.3) is 0 Å². The Morgan fingerprint density at radius 3 is 2.60 bits per heavy atom. The van der Waals surface area contributed by atoms with Crippen LogP contribution in [0.15, 0.2) is 0 Å². The molecule has 1 aliphatic rings. The second kappa shape index (κ2) is 4.51. The maximum Gasteiger partial charge on any atom is 0.326 e. The zero-order valence-corrected chi connectivity index (χ0v) is 10.8. The lowest BCUT2D eigenvalue weighted by molar-refractivity contribution is -0.157. The number of carbonyl (C=O) groups excluding carboxylic acids is 2. The van der Waals surface area contributed by atoms with E-state index in [1.165, 1.54) is 4.90 Å². The summed E-state index contributed by atoms with van der Waals surface area (Å²) in [6.07, 6.45) is 0.752. The van der Waals surface area contributed by atoms with Gasteiger partial charge in [0.05, 0.1) is 4.83 Å². The van der Waals surface area contributed by atoms with Crippen LogP contribution in [0.4, 0.5) is 0 Å². The average molecular weight is 278 g/mol. The first-order valence-electron chi connectivity index (χ1n) is 4.94. The Labute approximate surface area is 98.1 Å². The molecule has 15 heavy (non-hydrogen) atoms. The SMILES string of the molecule is CC(C)(C)OC(=O)CN1CC[C@@H](Br)C1=O. The van der Waals surface area contributed by atoms with Crippen LogP contribution in [0.5, 0.6) is 0 Å². The molecule has 86 valence electrons. The van der Waals surface area contributed by atoms with Crippen LogP contribution >= 0.6 is 15.9 Å². The summed E-state index contributed by atoms with van der Waals surface area (Å²) in [5.74, 6) is -0.377. The molecule has 0 radical (unpaired) electrons. The molecule has 0 spiro atoms. The summed E-state index contributed by atoms with van der Waals surface area (Å²) in [5.41, 5.74) is -0.492. The number of nitrogens with zero attached hydrogens (tertiary/aromatic N) is 1. The summed E-state index contributed by atoms with van der Waals surface area (Å²) in [4.78, 5) is 24.3. The minimum atomic E-state index is -0.492. The van der Waals surface area contributed by atoms with E-state index in [0.717, 1.165) is 6.42 Å². The van der Waals surface area contributed by atoms with Crippen LogP contribution in [0, 0.1) is 0 Å². The first kappa shape index (κ1) is 12.5. The van der Waals surface area contributed by atoms with Gasteiger partial charge in [0.15, 0.2) is 0 Å². The topological polar surface area (TPSA) is 46.6 Å². The Kier molecular flexibility index (Phi) is 3.76. The molecule has 0 aromatic carbocycles. The number of carbonyl (C=O) groups is 2. The summed E-state index contributed by atoms with van der Waals surface area (Å²) in [6.45, 7) is 6.10. The van der Waals surface area contributed by atoms with Crippen molar-refractivity contribution in [3.8, 4) is 0 Å². The molecule has 0 unspecified atom stereocenters. The van der Waals surface area contributed by atoms with Gasteiger partial charge in [-0.1, -0.05) is 15.9 Å². The Balaban J connectivity index is 2.43. The largest absolute Gasteiger partial charge is 0.459 e. The third-order valence-electron chi connectivity index (χ3n) is 1.97. The Hall–Kier alpha value is -0.580. The molecule has 0 saturated carbocycles. The van der Waals surface area contributed by atoms with Gasteiger partial charge in [-0.2, -0.15) is 0 Å². The van der Waals surface area contributed by atoms with Crippen LogP contribution < -0.4 is 0 Å². The average Bonchev–Trinajstić information content (AvgIpc) is 2.32. The maximum atomic E-state index is 11.5. The standard InChI is InChI=1S/C10H16BrNO3/c1-10(2,3)15-8(13)6-12-5-4-7(11)9(12)14/h7H,4-6H2,1-3H3/t7-/m1/s1. The highest BCUT2D eigenvalue weighted by molar-refractivity contribution is 9.10.